The standard InChI is InChI=1S/C25H28N4O3/c1-17(19-5-3-2-4-6-19)27-16-18-7-9-20(10-8-18)21-11-13-22(14-12-21)24(30)28-23(15-26)25(31)29-32/h2-14,17,23,27,32H,15-16,26H2,1H3,(H,28,30)(H,29,31)/t17-,23+/m1/s1. The van der Waals surface area contributed by atoms with Crippen LogP contribution in [0, 0.1) is 0 Å². The van der Waals surface area contributed by atoms with Gasteiger partial charge in [0.2, 0.25) is 0 Å². The Kier molecular flexibility index (Phi) is 8.10. The molecule has 0 radical (unpaired) electrons. The van der Waals surface area contributed by atoms with Crippen LogP contribution < -0.4 is 21.8 Å². The molecule has 0 spiro atoms. The first-order chi connectivity index (χ1) is 15.5. The monoisotopic (exact) mass is 432 g/mol. The predicted octanol–water partition coefficient (Wildman–Crippen LogP) is 2.77. The van der Waals surface area contributed by atoms with Crippen LogP contribution in [0.25, 0.3) is 11.1 Å². The van der Waals surface area contributed by atoms with Crippen molar-refractivity contribution in [1.29, 1.82) is 0 Å². The first kappa shape index (κ1) is 23.1. The lowest BCUT2D eigenvalue weighted by molar-refractivity contribution is -0.130. The van der Waals surface area contributed by atoms with Gasteiger partial charge in [-0.1, -0.05) is 66.7 Å². The maximum Gasteiger partial charge on any atom is 0.267 e. The van der Waals surface area contributed by atoms with Gasteiger partial charge in [0, 0.05) is 24.7 Å². The minimum absolute atomic E-state index is 0.123. The zero-order valence-electron chi connectivity index (χ0n) is 17.9. The van der Waals surface area contributed by atoms with Crippen LogP contribution in [0.5, 0.6) is 0 Å². The molecule has 0 fully saturated rings. The third-order valence-electron chi connectivity index (χ3n) is 5.31. The summed E-state index contributed by atoms with van der Waals surface area (Å²) >= 11 is 0. The molecule has 0 saturated heterocycles. The molecule has 0 aliphatic heterocycles. The molecular weight excluding hydrogens is 404 g/mol. The molecule has 0 aliphatic rings. The van der Waals surface area contributed by atoms with Crippen molar-refractivity contribution in [2.45, 2.75) is 25.6 Å². The number of hydrogen-bond donors (Lipinski definition) is 5. The number of hydroxylamine groups is 1. The van der Waals surface area contributed by atoms with E-state index < -0.39 is 17.9 Å². The molecule has 3 aromatic carbocycles. The third kappa shape index (κ3) is 6.01. The van der Waals surface area contributed by atoms with Gasteiger partial charge in [0.25, 0.3) is 11.8 Å². The molecule has 0 aromatic heterocycles. The third-order valence-corrected chi connectivity index (χ3v) is 5.31. The Morgan fingerprint density at radius 3 is 2.06 bits per heavy atom. The summed E-state index contributed by atoms with van der Waals surface area (Å²) in [5.41, 5.74) is 11.8. The lowest BCUT2D eigenvalue weighted by Gasteiger charge is -2.15. The van der Waals surface area contributed by atoms with Gasteiger partial charge in [-0.3, -0.25) is 14.8 Å². The average molecular weight is 433 g/mol. The zero-order chi connectivity index (χ0) is 22.9. The molecule has 6 N–H and O–H groups in total. The van der Waals surface area contributed by atoms with Crippen LogP contribution in [0.15, 0.2) is 78.9 Å². The van der Waals surface area contributed by atoms with Crippen LogP contribution >= 0.6 is 0 Å². The second kappa shape index (κ2) is 11.2. The van der Waals surface area contributed by atoms with E-state index >= 15 is 0 Å². The number of nitrogens with two attached hydrogens (primary N) is 1. The summed E-state index contributed by atoms with van der Waals surface area (Å²) < 4.78 is 0. The minimum Gasteiger partial charge on any atom is -0.339 e. The van der Waals surface area contributed by atoms with Gasteiger partial charge in [-0.2, -0.15) is 0 Å². The molecule has 0 aliphatic carbocycles. The first-order valence-corrected chi connectivity index (χ1v) is 10.4. The van der Waals surface area contributed by atoms with Crippen LogP contribution in [-0.4, -0.2) is 29.6 Å². The first-order valence-electron chi connectivity index (χ1n) is 10.4. The summed E-state index contributed by atoms with van der Waals surface area (Å²) in [7, 11) is 0. The molecule has 7 nitrogen and oxygen atoms in total. The normalized spacial score (nSPS) is 12.6. The summed E-state index contributed by atoms with van der Waals surface area (Å²) in [6.07, 6.45) is 0. The van der Waals surface area contributed by atoms with Crippen molar-refractivity contribution < 1.29 is 14.8 Å². The molecular formula is C25H28N4O3. The lowest BCUT2D eigenvalue weighted by atomic mass is 10.0. The number of amides is 2. The maximum absolute atomic E-state index is 12.3. The van der Waals surface area contributed by atoms with Gasteiger partial charge in [-0.25, -0.2) is 5.48 Å². The van der Waals surface area contributed by atoms with E-state index in [0.29, 0.717) is 5.56 Å². The second-order valence-corrected chi connectivity index (χ2v) is 7.53. The van der Waals surface area contributed by atoms with E-state index in [2.05, 4.69) is 54.0 Å². The largest absolute Gasteiger partial charge is 0.339 e. The molecule has 166 valence electrons. The van der Waals surface area contributed by atoms with Gasteiger partial charge in [0.05, 0.1) is 0 Å². The number of carbonyl (C=O) groups is 2. The fraction of sp³-hybridized carbons (Fsp3) is 0.200. The number of carbonyl (C=O) groups excluding carboxylic acids is 2. The Morgan fingerprint density at radius 1 is 0.906 bits per heavy atom. The lowest BCUT2D eigenvalue weighted by Crippen LogP contribution is -2.50. The summed E-state index contributed by atoms with van der Waals surface area (Å²) in [5.74, 6) is -1.20. The van der Waals surface area contributed by atoms with E-state index in [1.807, 2.05) is 30.3 Å². The zero-order valence-corrected chi connectivity index (χ0v) is 17.9. The summed E-state index contributed by atoms with van der Waals surface area (Å²) in [6, 6.07) is 24.9. The van der Waals surface area contributed by atoms with Crippen molar-refractivity contribution in [3.05, 3.63) is 95.6 Å². The molecule has 0 unspecified atom stereocenters. The van der Waals surface area contributed by atoms with Crippen LogP contribution in [0.3, 0.4) is 0 Å². The fourth-order valence-corrected chi connectivity index (χ4v) is 3.31. The van der Waals surface area contributed by atoms with E-state index in [9.17, 15) is 9.59 Å². The van der Waals surface area contributed by atoms with Crippen molar-refractivity contribution in [2.24, 2.45) is 5.73 Å². The summed E-state index contributed by atoms with van der Waals surface area (Å²) in [6.45, 7) is 2.79. The molecule has 0 bridgehead atoms. The Bertz CT molecular complexity index is 1020. The smallest absolute Gasteiger partial charge is 0.267 e. The Balaban J connectivity index is 1.59. The van der Waals surface area contributed by atoms with Crippen LogP contribution in [0.2, 0.25) is 0 Å². The molecule has 7 heteroatoms. The van der Waals surface area contributed by atoms with E-state index in [4.69, 9.17) is 10.9 Å². The van der Waals surface area contributed by atoms with E-state index in [-0.39, 0.29) is 12.6 Å². The molecule has 0 heterocycles. The van der Waals surface area contributed by atoms with Crippen LogP contribution in [-0.2, 0) is 11.3 Å². The van der Waals surface area contributed by atoms with Crippen molar-refractivity contribution in [3.8, 4) is 11.1 Å². The van der Waals surface area contributed by atoms with Gasteiger partial charge in [-0.05, 0) is 41.3 Å². The van der Waals surface area contributed by atoms with Gasteiger partial charge < -0.3 is 16.4 Å². The van der Waals surface area contributed by atoms with Crippen molar-refractivity contribution >= 4 is 11.8 Å². The number of rotatable bonds is 9. The fourth-order valence-electron chi connectivity index (χ4n) is 3.31. The Morgan fingerprint density at radius 2 is 1.50 bits per heavy atom. The molecule has 2 atom stereocenters. The van der Waals surface area contributed by atoms with Gasteiger partial charge in [0.1, 0.15) is 6.04 Å². The SMILES string of the molecule is C[C@@H](NCc1ccc(-c2ccc(C(=O)N[C@@H](CN)C(=O)NO)cc2)cc1)c1ccccc1. The molecule has 0 saturated carbocycles. The number of hydrogen-bond acceptors (Lipinski definition) is 5. The highest BCUT2D eigenvalue weighted by Gasteiger charge is 2.19. The van der Waals surface area contributed by atoms with E-state index in [1.165, 1.54) is 16.6 Å². The Labute approximate surface area is 187 Å². The highest BCUT2D eigenvalue weighted by Crippen LogP contribution is 2.21. The molecule has 3 rings (SSSR count). The second-order valence-electron chi connectivity index (χ2n) is 7.53. The number of nitrogens with one attached hydrogen (secondary N) is 3. The predicted molar refractivity (Wildman–Crippen MR) is 124 cm³/mol. The van der Waals surface area contributed by atoms with Gasteiger partial charge in [-0.15, -0.1) is 0 Å². The Hall–Kier alpha value is -3.52. The maximum atomic E-state index is 12.3. The molecule has 2 amide bonds. The van der Waals surface area contributed by atoms with Crippen molar-refractivity contribution in [2.75, 3.05) is 6.54 Å². The summed E-state index contributed by atoms with van der Waals surface area (Å²) in [5, 5.41) is 14.7. The van der Waals surface area contributed by atoms with Crippen LogP contribution in [0.4, 0.5) is 0 Å². The van der Waals surface area contributed by atoms with Crippen molar-refractivity contribution in [3.63, 3.8) is 0 Å². The quantitative estimate of drug-likeness (QED) is 0.263. The number of benzene rings is 3. The summed E-state index contributed by atoms with van der Waals surface area (Å²) in [4.78, 5) is 23.8. The average Bonchev–Trinajstić information content (AvgIpc) is 2.86. The minimum atomic E-state index is -1.00. The molecule has 32 heavy (non-hydrogen) atoms. The highest BCUT2D eigenvalue weighted by atomic mass is 16.5. The van der Waals surface area contributed by atoms with Crippen molar-refractivity contribution in [1.82, 2.24) is 16.1 Å². The highest BCUT2D eigenvalue weighted by molar-refractivity contribution is 5.97. The molecule has 3 aromatic rings. The van der Waals surface area contributed by atoms with E-state index in [0.717, 1.165) is 17.7 Å². The van der Waals surface area contributed by atoms with Gasteiger partial charge in [0.15, 0.2) is 0 Å². The van der Waals surface area contributed by atoms with Gasteiger partial charge >= 0.3 is 0 Å². The van der Waals surface area contributed by atoms with E-state index in [1.54, 1.807) is 12.1 Å². The topological polar surface area (TPSA) is 116 Å². The van der Waals surface area contributed by atoms with Crippen LogP contribution in [0.1, 0.15) is 34.5 Å².